The number of halogens is 2. The second-order valence-corrected chi connectivity index (χ2v) is 8.56. The smallest absolute Gasteiger partial charge is 0.244 e. The predicted molar refractivity (Wildman–Crippen MR) is 124 cm³/mol. The largest absolute Gasteiger partial charge is 0.420 e. The number of aromatic amines is 1. The summed E-state index contributed by atoms with van der Waals surface area (Å²) in [6.07, 6.45) is 0. The fourth-order valence-corrected chi connectivity index (χ4v) is 4.60. The molecule has 2 aromatic carbocycles. The summed E-state index contributed by atoms with van der Waals surface area (Å²) in [6, 6.07) is 19.5. The Kier molecular flexibility index (Phi) is 5.00. The van der Waals surface area contributed by atoms with E-state index < -0.39 is 5.92 Å². The Morgan fingerprint density at radius 3 is 2.56 bits per heavy atom. The van der Waals surface area contributed by atoms with Crippen LogP contribution in [0.5, 0.6) is 5.88 Å². The highest BCUT2D eigenvalue weighted by molar-refractivity contribution is 9.10. The van der Waals surface area contributed by atoms with Crippen molar-refractivity contribution in [2.45, 2.75) is 12.8 Å². The minimum atomic E-state index is -0.592. The number of allylic oxidation sites excluding steroid dienone is 1. The van der Waals surface area contributed by atoms with Gasteiger partial charge in [-0.25, -0.2) is 4.68 Å². The van der Waals surface area contributed by atoms with Gasteiger partial charge < -0.3 is 10.5 Å². The van der Waals surface area contributed by atoms with E-state index in [-0.39, 0.29) is 11.5 Å². The Morgan fingerprint density at radius 2 is 1.88 bits per heavy atom. The van der Waals surface area contributed by atoms with Gasteiger partial charge in [0, 0.05) is 15.6 Å². The number of fused-ring (bicyclic) bond motifs is 1. The van der Waals surface area contributed by atoms with Crippen LogP contribution in [0.25, 0.3) is 16.9 Å². The molecule has 1 aliphatic rings. The summed E-state index contributed by atoms with van der Waals surface area (Å²) in [5, 5.41) is 22.4. The third-order valence-electron chi connectivity index (χ3n) is 5.41. The van der Waals surface area contributed by atoms with Gasteiger partial charge >= 0.3 is 0 Å². The maximum absolute atomic E-state index is 9.98. The molecule has 0 aliphatic carbocycles. The Labute approximate surface area is 197 Å². The number of nitrogens with two attached hydrogens (primary N) is 1. The number of benzene rings is 2. The third-order valence-corrected chi connectivity index (χ3v) is 6.30. The van der Waals surface area contributed by atoms with Gasteiger partial charge in [0.2, 0.25) is 11.8 Å². The summed E-state index contributed by atoms with van der Waals surface area (Å²) < 4.78 is 8.31. The van der Waals surface area contributed by atoms with E-state index in [0.29, 0.717) is 27.9 Å². The van der Waals surface area contributed by atoms with Crippen molar-refractivity contribution in [1.82, 2.24) is 20.0 Å². The molecule has 1 atom stereocenters. The number of nitrogens with one attached hydrogen (secondary N) is 1. The highest BCUT2D eigenvalue weighted by atomic mass is 79.9. The summed E-state index contributed by atoms with van der Waals surface area (Å²) in [7, 11) is 0. The van der Waals surface area contributed by atoms with Crippen LogP contribution in [-0.4, -0.2) is 20.0 Å². The van der Waals surface area contributed by atoms with E-state index >= 15 is 0 Å². The van der Waals surface area contributed by atoms with Crippen molar-refractivity contribution in [1.29, 1.82) is 5.26 Å². The van der Waals surface area contributed by atoms with Crippen LogP contribution in [0.4, 0.5) is 0 Å². The van der Waals surface area contributed by atoms with Crippen molar-refractivity contribution in [2.75, 3.05) is 0 Å². The highest BCUT2D eigenvalue weighted by Gasteiger charge is 2.39. The molecule has 1 unspecified atom stereocenters. The van der Waals surface area contributed by atoms with E-state index in [2.05, 4.69) is 37.3 Å². The molecule has 32 heavy (non-hydrogen) atoms. The molecule has 0 radical (unpaired) electrons. The number of aryl methyl sites for hydroxylation is 1. The van der Waals surface area contributed by atoms with Gasteiger partial charge in [0.05, 0.1) is 28.6 Å². The van der Waals surface area contributed by atoms with Gasteiger partial charge in [0.15, 0.2) is 0 Å². The molecule has 3 heterocycles. The molecule has 0 spiro atoms. The van der Waals surface area contributed by atoms with Gasteiger partial charge in [-0.2, -0.15) is 10.4 Å². The first-order valence-corrected chi connectivity index (χ1v) is 10.9. The van der Waals surface area contributed by atoms with Gasteiger partial charge in [-0.05, 0) is 31.2 Å². The van der Waals surface area contributed by atoms with Crippen LogP contribution in [0, 0.1) is 18.3 Å². The number of aromatic nitrogens is 4. The molecule has 7 nitrogen and oxygen atoms in total. The Bertz CT molecular complexity index is 1400. The first kappa shape index (κ1) is 20.4. The van der Waals surface area contributed by atoms with E-state index in [4.69, 9.17) is 22.1 Å². The van der Waals surface area contributed by atoms with E-state index in [1.165, 1.54) is 0 Å². The van der Waals surface area contributed by atoms with Crippen LogP contribution in [0.15, 0.2) is 70.5 Å². The molecule has 5 rings (SSSR count). The molecule has 2 aromatic heterocycles. The highest BCUT2D eigenvalue weighted by Crippen LogP contribution is 2.48. The lowest BCUT2D eigenvalue weighted by Crippen LogP contribution is -2.21. The molecular formula is C23H16BrClN6O. The second kappa shape index (κ2) is 7.86. The number of nitrogens with zero attached hydrogens (tertiary/aromatic N) is 4. The lowest BCUT2D eigenvalue weighted by molar-refractivity contribution is 0.379. The van der Waals surface area contributed by atoms with Gasteiger partial charge in [0.25, 0.3) is 0 Å². The number of rotatable bonds is 3. The zero-order chi connectivity index (χ0) is 22.4. The van der Waals surface area contributed by atoms with E-state index in [1.807, 2.05) is 61.5 Å². The summed E-state index contributed by atoms with van der Waals surface area (Å²) in [6.45, 7) is 1.86. The fraction of sp³-hybridized carbons (Fsp3) is 0.0870. The van der Waals surface area contributed by atoms with Gasteiger partial charge in [0.1, 0.15) is 16.8 Å². The lowest BCUT2D eigenvalue weighted by atomic mass is 9.83. The third kappa shape index (κ3) is 3.18. The zero-order valence-corrected chi connectivity index (χ0v) is 19.1. The molecule has 9 heteroatoms. The summed E-state index contributed by atoms with van der Waals surface area (Å²) >= 11 is 10.3. The van der Waals surface area contributed by atoms with Gasteiger partial charge in [-0.1, -0.05) is 57.9 Å². The van der Waals surface area contributed by atoms with E-state index in [0.717, 1.165) is 21.4 Å². The maximum Gasteiger partial charge on any atom is 0.244 e. The lowest BCUT2D eigenvalue weighted by Gasteiger charge is -2.24. The molecule has 1 aliphatic heterocycles. The quantitative estimate of drug-likeness (QED) is 0.396. The number of para-hydroxylation sites is 1. The number of hydrogen-bond acceptors (Lipinski definition) is 5. The van der Waals surface area contributed by atoms with E-state index in [9.17, 15) is 5.26 Å². The molecule has 4 aromatic rings. The van der Waals surface area contributed by atoms with E-state index in [1.54, 1.807) is 4.68 Å². The number of hydrogen-bond donors (Lipinski definition) is 2. The maximum atomic E-state index is 9.98. The molecule has 0 saturated heterocycles. The van der Waals surface area contributed by atoms with Crippen molar-refractivity contribution in [3.8, 4) is 28.9 Å². The van der Waals surface area contributed by atoms with Crippen molar-refractivity contribution in [3.63, 3.8) is 0 Å². The minimum Gasteiger partial charge on any atom is -0.420 e. The van der Waals surface area contributed by atoms with Crippen molar-refractivity contribution in [3.05, 3.63) is 92.5 Å². The van der Waals surface area contributed by atoms with Crippen molar-refractivity contribution < 1.29 is 4.74 Å². The van der Waals surface area contributed by atoms with Crippen LogP contribution in [0.2, 0.25) is 5.15 Å². The van der Waals surface area contributed by atoms with Crippen LogP contribution < -0.4 is 10.5 Å². The van der Waals surface area contributed by atoms with Crippen LogP contribution in [0.3, 0.4) is 0 Å². The Balaban J connectivity index is 1.75. The molecule has 158 valence electrons. The topological polar surface area (TPSA) is 106 Å². The normalized spacial score (nSPS) is 15.2. The van der Waals surface area contributed by atoms with Crippen LogP contribution in [0.1, 0.15) is 22.7 Å². The molecule has 0 bridgehead atoms. The molecule has 0 fully saturated rings. The first-order valence-electron chi connectivity index (χ1n) is 9.71. The monoisotopic (exact) mass is 506 g/mol. The standard InChI is InChI=1S/C23H16BrClN6O/c1-12-17(21(25)31(30-12)15-5-3-2-4-6-15)18-16(11-26)22(27)32-23-19(18)20(28-29-23)13-7-9-14(24)10-8-13/h2-10,18H,27H2,1H3,(H,28,29). The van der Waals surface area contributed by atoms with Crippen molar-refractivity contribution in [2.24, 2.45) is 5.73 Å². The molecule has 0 amide bonds. The van der Waals surface area contributed by atoms with Crippen molar-refractivity contribution >= 4 is 27.5 Å². The fourth-order valence-electron chi connectivity index (χ4n) is 3.95. The summed E-state index contributed by atoms with van der Waals surface area (Å²) in [5.74, 6) is -0.278. The minimum absolute atomic E-state index is 0.00165. The number of ether oxygens (including phenoxy) is 1. The Hall–Kier alpha value is -3.54. The average Bonchev–Trinajstić information content (AvgIpc) is 3.34. The summed E-state index contributed by atoms with van der Waals surface area (Å²) in [5.41, 5.74) is 10.9. The Morgan fingerprint density at radius 1 is 1.16 bits per heavy atom. The molecule has 3 N–H and O–H groups in total. The zero-order valence-electron chi connectivity index (χ0n) is 16.8. The van der Waals surface area contributed by atoms with Gasteiger partial charge in [-0.3, -0.25) is 5.10 Å². The van der Waals surface area contributed by atoms with Crippen LogP contribution in [-0.2, 0) is 0 Å². The average molecular weight is 508 g/mol. The number of H-pyrrole nitrogens is 1. The first-order chi connectivity index (χ1) is 15.5. The van der Waals surface area contributed by atoms with Gasteiger partial charge in [-0.15, -0.1) is 5.10 Å². The SMILES string of the molecule is Cc1nn(-c2ccccc2)c(Cl)c1C1C(C#N)=C(N)Oc2n[nH]c(-c3ccc(Br)cc3)c21. The second-order valence-electron chi connectivity index (χ2n) is 7.29. The molecule has 0 saturated carbocycles. The van der Waals surface area contributed by atoms with Crippen LogP contribution >= 0.6 is 27.5 Å². The predicted octanol–water partition coefficient (Wildman–Crippen LogP) is 5.20. The molecular weight excluding hydrogens is 492 g/mol. The summed E-state index contributed by atoms with van der Waals surface area (Å²) in [4.78, 5) is 0. The number of nitriles is 1.